The molecule has 2 aliphatic heterocycles. The third-order valence-electron chi connectivity index (χ3n) is 6.40. The van der Waals surface area contributed by atoms with E-state index in [1.54, 1.807) is 23.6 Å². The van der Waals surface area contributed by atoms with Crippen LogP contribution in [0.15, 0.2) is 41.3 Å². The van der Waals surface area contributed by atoms with Crippen LogP contribution in [0, 0.1) is 18.6 Å². The highest BCUT2D eigenvalue weighted by Gasteiger charge is 2.41. The molecular weight excluding hydrogens is 430 g/mol. The zero-order chi connectivity index (χ0) is 23.2. The highest BCUT2D eigenvalue weighted by Crippen LogP contribution is 2.40. The second-order valence-electron chi connectivity index (χ2n) is 8.80. The molecule has 1 unspecified atom stereocenters. The Labute approximate surface area is 189 Å². The molecule has 7 nitrogen and oxygen atoms in total. The highest BCUT2D eigenvalue weighted by molar-refractivity contribution is 5.48. The van der Waals surface area contributed by atoms with Crippen molar-refractivity contribution in [2.24, 2.45) is 0 Å². The van der Waals surface area contributed by atoms with E-state index in [4.69, 9.17) is 9.47 Å². The molecule has 0 aliphatic carbocycles. The molecule has 0 N–H and O–H groups in total. The molecule has 0 saturated carbocycles. The smallest absolute Gasteiger partial charge is 0.352 e. The lowest BCUT2D eigenvalue weighted by Gasteiger charge is -2.42. The Morgan fingerprint density at radius 2 is 1.91 bits per heavy atom. The number of hydrogen-bond acceptors (Lipinski definition) is 6. The van der Waals surface area contributed by atoms with E-state index >= 15 is 0 Å². The molecule has 1 saturated heterocycles. The monoisotopic (exact) mass is 454 g/mol. The predicted octanol–water partition coefficient (Wildman–Crippen LogP) is 4.36. The van der Waals surface area contributed by atoms with Crippen LogP contribution in [0.1, 0.15) is 37.4 Å². The van der Waals surface area contributed by atoms with E-state index in [2.05, 4.69) is 21.8 Å². The topological polar surface area (TPSA) is 69.5 Å². The average molecular weight is 454 g/mol. The van der Waals surface area contributed by atoms with Gasteiger partial charge in [0, 0.05) is 42.7 Å². The molecule has 1 fully saturated rings. The van der Waals surface area contributed by atoms with Crippen LogP contribution < -0.4 is 20.1 Å². The van der Waals surface area contributed by atoms with Gasteiger partial charge in [-0.25, -0.2) is 13.6 Å². The number of pyridine rings is 1. The van der Waals surface area contributed by atoms with E-state index in [0.717, 1.165) is 43.8 Å². The van der Waals surface area contributed by atoms with Gasteiger partial charge in [-0.1, -0.05) is 0 Å². The predicted molar refractivity (Wildman–Crippen MR) is 118 cm³/mol. The quantitative estimate of drug-likeness (QED) is 0.571. The fourth-order valence-corrected chi connectivity index (χ4v) is 4.66. The minimum absolute atomic E-state index is 0.0283. The maximum absolute atomic E-state index is 14.6. The van der Waals surface area contributed by atoms with Crippen LogP contribution in [-0.4, -0.2) is 26.6 Å². The van der Waals surface area contributed by atoms with Crippen molar-refractivity contribution in [3.05, 3.63) is 69.9 Å². The summed E-state index contributed by atoms with van der Waals surface area (Å²) in [6, 6.07) is 7.14. The molecule has 0 radical (unpaired) electrons. The number of halogens is 2. The Kier molecular flexibility index (Phi) is 5.26. The number of benzene rings is 1. The Balaban J connectivity index is 1.35. The van der Waals surface area contributed by atoms with E-state index < -0.39 is 17.4 Å². The van der Waals surface area contributed by atoms with Gasteiger partial charge in [0.05, 0.1) is 0 Å². The van der Waals surface area contributed by atoms with Gasteiger partial charge < -0.3 is 14.4 Å². The van der Waals surface area contributed by atoms with Crippen LogP contribution >= 0.6 is 0 Å². The van der Waals surface area contributed by atoms with E-state index in [9.17, 15) is 13.6 Å². The molecule has 2 aromatic heterocycles. The average Bonchev–Trinajstić information content (AvgIpc) is 3.17. The van der Waals surface area contributed by atoms with Gasteiger partial charge in [0.25, 0.3) is 0 Å². The molecule has 172 valence electrons. The van der Waals surface area contributed by atoms with Gasteiger partial charge in [0.2, 0.25) is 5.88 Å². The Morgan fingerprint density at radius 1 is 1.12 bits per heavy atom. The molecule has 0 amide bonds. The molecular formula is C24H24F2N4O3. The second kappa shape index (κ2) is 8.13. The lowest BCUT2D eigenvalue weighted by atomic mass is 9.93. The van der Waals surface area contributed by atoms with Crippen molar-refractivity contribution in [1.29, 1.82) is 0 Å². The van der Waals surface area contributed by atoms with Crippen LogP contribution in [0.5, 0.6) is 17.4 Å². The molecule has 3 aromatic rings. The molecule has 1 aromatic carbocycles. The summed E-state index contributed by atoms with van der Waals surface area (Å²) < 4.78 is 41.9. The number of ether oxygens (including phenoxy) is 2. The second-order valence-corrected chi connectivity index (χ2v) is 8.80. The molecule has 4 heterocycles. The van der Waals surface area contributed by atoms with Crippen molar-refractivity contribution in [2.45, 2.75) is 51.8 Å². The van der Waals surface area contributed by atoms with Crippen molar-refractivity contribution >= 4 is 5.82 Å². The van der Waals surface area contributed by atoms with E-state index in [1.165, 1.54) is 12.3 Å². The normalized spacial score (nSPS) is 19.2. The van der Waals surface area contributed by atoms with Gasteiger partial charge in [-0.3, -0.25) is 9.55 Å². The summed E-state index contributed by atoms with van der Waals surface area (Å²) in [5.74, 6) is -0.996. The molecule has 5 rings (SSSR count). The molecule has 2 aliphatic rings. The first-order chi connectivity index (χ1) is 15.8. The van der Waals surface area contributed by atoms with Gasteiger partial charge in [0.15, 0.2) is 17.4 Å². The first-order valence-corrected chi connectivity index (χ1v) is 10.9. The zero-order valence-corrected chi connectivity index (χ0v) is 18.5. The number of aromatic nitrogens is 3. The van der Waals surface area contributed by atoms with Gasteiger partial charge in [-0.05, 0) is 56.9 Å². The van der Waals surface area contributed by atoms with E-state index in [0.29, 0.717) is 12.2 Å². The number of hydrogen-bond donors (Lipinski definition) is 0. The van der Waals surface area contributed by atoms with Crippen LogP contribution in [0.25, 0.3) is 0 Å². The molecule has 9 heteroatoms. The summed E-state index contributed by atoms with van der Waals surface area (Å²) >= 11 is 0. The summed E-state index contributed by atoms with van der Waals surface area (Å²) in [5.41, 5.74) is 0.570. The SMILES string of the molecule is Cc1cc(Oc2c(F)cc(COc3cc4n(c(=O)n3)CCC3(C)CCCN43)cc2F)ccn1. The lowest BCUT2D eigenvalue weighted by Crippen LogP contribution is -2.49. The summed E-state index contributed by atoms with van der Waals surface area (Å²) in [6.07, 6.45) is 4.54. The summed E-state index contributed by atoms with van der Waals surface area (Å²) in [7, 11) is 0. The molecule has 33 heavy (non-hydrogen) atoms. The maximum atomic E-state index is 14.6. The van der Waals surface area contributed by atoms with Crippen molar-refractivity contribution in [3.63, 3.8) is 0 Å². The fraction of sp³-hybridized carbons (Fsp3) is 0.375. The number of anilines is 1. The minimum atomic E-state index is -0.852. The van der Waals surface area contributed by atoms with Gasteiger partial charge in [-0.2, -0.15) is 4.98 Å². The van der Waals surface area contributed by atoms with E-state index in [1.807, 2.05) is 0 Å². The zero-order valence-electron chi connectivity index (χ0n) is 18.5. The summed E-state index contributed by atoms with van der Waals surface area (Å²) in [5, 5.41) is 0. The fourth-order valence-electron chi connectivity index (χ4n) is 4.66. The van der Waals surface area contributed by atoms with E-state index in [-0.39, 0.29) is 35.0 Å². The Morgan fingerprint density at radius 3 is 2.67 bits per heavy atom. The third kappa shape index (κ3) is 4.03. The van der Waals surface area contributed by atoms with Crippen molar-refractivity contribution in [3.8, 4) is 17.4 Å². The van der Waals surface area contributed by atoms with Crippen LogP contribution in [0.2, 0.25) is 0 Å². The Bertz CT molecular complexity index is 1260. The van der Waals surface area contributed by atoms with Gasteiger partial charge in [0.1, 0.15) is 18.2 Å². The summed E-state index contributed by atoms with van der Waals surface area (Å²) in [6.45, 7) is 5.30. The Hall–Kier alpha value is -3.49. The number of fused-ring (bicyclic) bond motifs is 3. The highest BCUT2D eigenvalue weighted by atomic mass is 19.1. The first-order valence-electron chi connectivity index (χ1n) is 10.9. The maximum Gasteiger partial charge on any atom is 0.352 e. The molecule has 0 spiro atoms. The first kappa shape index (κ1) is 21.4. The largest absolute Gasteiger partial charge is 0.473 e. The van der Waals surface area contributed by atoms with Crippen LogP contribution in [-0.2, 0) is 13.2 Å². The standard InChI is InChI=1S/C24H24F2N4O3/c1-15-10-17(4-7-27-15)33-22-18(25)11-16(12-19(22)26)14-32-20-13-21-29(23(31)28-20)9-6-24(2)5-3-8-30(21)24/h4,7,10-13H,3,5-6,8-9,14H2,1-2H3. The number of nitrogens with zero attached hydrogens (tertiary/aromatic N) is 4. The van der Waals surface area contributed by atoms with Crippen molar-refractivity contribution in [1.82, 2.24) is 14.5 Å². The molecule has 0 bridgehead atoms. The minimum Gasteiger partial charge on any atom is -0.473 e. The number of rotatable bonds is 5. The van der Waals surface area contributed by atoms with Crippen LogP contribution in [0.3, 0.4) is 0 Å². The third-order valence-corrected chi connectivity index (χ3v) is 6.40. The van der Waals surface area contributed by atoms with Crippen molar-refractivity contribution < 1.29 is 18.3 Å². The van der Waals surface area contributed by atoms with Gasteiger partial charge in [-0.15, -0.1) is 0 Å². The van der Waals surface area contributed by atoms with Crippen molar-refractivity contribution in [2.75, 3.05) is 11.4 Å². The van der Waals surface area contributed by atoms with Crippen LogP contribution in [0.4, 0.5) is 14.6 Å². The summed E-state index contributed by atoms with van der Waals surface area (Å²) in [4.78, 5) is 22.8. The number of aryl methyl sites for hydroxylation is 1. The lowest BCUT2D eigenvalue weighted by molar-refractivity contribution is 0.285. The van der Waals surface area contributed by atoms with Gasteiger partial charge >= 0.3 is 5.69 Å². The molecule has 1 atom stereocenters.